The summed E-state index contributed by atoms with van der Waals surface area (Å²) in [5.74, 6) is 0. The van der Waals surface area contributed by atoms with E-state index in [0.29, 0.717) is 0 Å². The van der Waals surface area contributed by atoms with Crippen LogP contribution in [-0.2, 0) is 19.2 Å². The minimum atomic E-state index is -0.666. The zero-order valence-corrected chi connectivity index (χ0v) is 14.4. The topological polar surface area (TPSA) is 36.9 Å². The van der Waals surface area contributed by atoms with Crippen LogP contribution in [0.5, 0.6) is 0 Å². The summed E-state index contributed by atoms with van der Waals surface area (Å²) < 4.78 is 12.4. The van der Waals surface area contributed by atoms with Crippen LogP contribution in [0.25, 0.3) is 21.5 Å². The van der Waals surface area contributed by atoms with E-state index < -0.39 is 18.9 Å². The Bertz CT molecular complexity index is 1160. The van der Waals surface area contributed by atoms with Crippen molar-refractivity contribution in [2.45, 2.75) is 18.9 Å². The summed E-state index contributed by atoms with van der Waals surface area (Å²) in [6.45, 7) is 0. The van der Waals surface area contributed by atoms with Gasteiger partial charge in [-0.25, -0.2) is 0 Å². The van der Waals surface area contributed by atoms with Crippen LogP contribution in [0.3, 0.4) is 0 Å². The molecule has 4 heteroatoms. The molecule has 0 amide bonds. The average Bonchev–Trinajstić information content (AvgIpc) is 3.03. The number of hydrogen-bond acceptors (Lipinski definition) is 4. The minimum absolute atomic E-state index is 0.593. The maximum absolute atomic E-state index is 6.23. The first-order valence-corrected chi connectivity index (χ1v) is 9.01. The lowest BCUT2D eigenvalue weighted by molar-refractivity contribution is -0.405. The van der Waals surface area contributed by atoms with Crippen molar-refractivity contribution in [3.8, 4) is 0 Å². The first kappa shape index (κ1) is 15.3. The lowest BCUT2D eigenvalue weighted by atomic mass is 9.95. The second-order valence-corrected chi connectivity index (χ2v) is 6.83. The molecule has 1 fully saturated rings. The third-order valence-corrected chi connectivity index (χ3v) is 5.25. The summed E-state index contributed by atoms with van der Waals surface area (Å²) in [4.78, 5) is 11.4. The normalized spacial score (nSPS) is 24.1. The number of hydrogen-bond donors (Lipinski definition) is 0. The third kappa shape index (κ3) is 2.32. The second-order valence-electron chi connectivity index (χ2n) is 6.83. The molecule has 4 aromatic carbocycles. The van der Waals surface area contributed by atoms with E-state index in [1.807, 2.05) is 48.5 Å². The summed E-state index contributed by atoms with van der Waals surface area (Å²) in [6.07, 6.45) is -1.92. The Labute approximate surface area is 155 Å². The highest BCUT2D eigenvalue weighted by atomic mass is 17.3. The van der Waals surface area contributed by atoms with E-state index in [1.54, 1.807) is 0 Å². The molecule has 2 heterocycles. The van der Waals surface area contributed by atoms with E-state index in [9.17, 15) is 0 Å². The van der Waals surface area contributed by atoms with Gasteiger partial charge < -0.3 is 9.47 Å². The first-order valence-electron chi connectivity index (χ1n) is 9.01. The van der Waals surface area contributed by atoms with Gasteiger partial charge in [0.15, 0.2) is 6.29 Å². The van der Waals surface area contributed by atoms with Gasteiger partial charge in [0.05, 0.1) is 0 Å². The average molecular weight is 356 g/mol. The fourth-order valence-corrected chi connectivity index (χ4v) is 4.02. The summed E-state index contributed by atoms with van der Waals surface area (Å²) in [5.41, 5.74) is 2.82. The van der Waals surface area contributed by atoms with Gasteiger partial charge >= 0.3 is 0 Å². The molecular formula is C23H16O4. The molecule has 132 valence electrons. The van der Waals surface area contributed by atoms with Crippen LogP contribution in [0.1, 0.15) is 35.6 Å². The molecule has 2 bridgehead atoms. The molecule has 0 spiro atoms. The van der Waals surface area contributed by atoms with Crippen LogP contribution >= 0.6 is 0 Å². The highest BCUT2D eigenvalue weighted by Crippen LogP contribution is 2.46. The standard InChI is InChI=1S/C23H16O4/c1-2-6-16(7-3-1)21-24-22-17-10-4-8-14-12-13-15-9-5-11-18(20(15)19(14)17)23(25-22)27-26-21/h1-13,21-23H. The van der Waals surface area contributed by atoms with Gasteiger partial charge in [0.25, 0.3) is 0 Å². The van der Waals surface area contributed by atoms with Crippen molar-refractivity contribution in [1.82, 2.24) is 0 Å². The second kappa shape index (κ2) is 5.87. The molecule has 2 aliphatic rings. The zero-order chi connectivity index (χ0) is 17.8. The van der Waals surface area contributed by atoms with Crippen LogP contribution in [0, 0.1) is 0 Å². The smallest absolute Gasteiger partial charge is 0.220 e. The third-order valence-electron chi connectivity index (χ3n) is 5.25. The molecule has 0 aliphatic carbocycles. The van der Waals surface area contributed by atoms with Gasteiger partial charge in [-0.2, -0.15) is 9.78 Å². The molecule has 0 N–H and O–H groups in total. The van der Waals surface area contributed by atoms with Gasteiger partial charge in [-0.3, -0.25) is 0 Å². The van der Waals surface area contributed by atoms with Crippen molar-refractivity contribution in [3.05, 3.63) is 95.6 Å². The summed E-state index contributed by atoms with van der Waals surface area (Å²) in [5, 5.41) is 4.58. The Hall–Kier alpha value is -2.76. The van der Waals surface area contributed by atoms with Gasteiger partial charge in [-0.15, -0.1) is 0 Å². The summed E-state index contributed by atoms with van der Waals surface area (Å²) in [6, 6.07) is 26.4. The Kier molecular flexibility index (Phi) is 3.33. The lowest BCUT2D eigenvalue weighted by Crippen LogP contribution is -2.11. The number of benzene rings is 4. The molecule has 2 aliphatic heterocycles. The maximum Gasteiger partial charge on any atom is 0.220 e. The fraction of sp³-hybridized carbons (Fsp3) is 0.130. The van der Waals surface area contributed by atoms with Gasteiger partial charge in [-0.05, 0) is 21.5 Å². The molecular weight excluding hydrogens is 340 g/mol. The molecule has 1 saturated heterocycles. The van der Waals surface area contributed by atoms with Crippen molar-refractivity contribution in [3.63, 3.8) is 0 Å². The van der Waals surface area contributed by atoms with E-state index in [2.05, 4.69) is 30.3 Å². The predicted octanol–water partition coefficient (Wildman–Crippen LogP) is 5.70. The predicted molar refractivity (Wildman–Crippen MR) is 100 cm³/mol. The molecule has 0 radical (unpaired) electrons. The van der Waals surface area contributed by atoms with Crippen LogP contribution in [0.15, 0.2) is 78.9 Å². The molecule has 3 unspecified atom stereocenters. The number of rotatable bonds is 1. The lowest BCUT2D eigenvalue weighted by Gasteiger charge is -2.20. The SMILES string of the molecule is c1ccc(C2OOC3OC(O2)c2cccc4ccc5cccc3c5c24)cc1. The van der Waals surface area contributed by atoms with Crippen LogP contribution < -0.4 is 0 Å². The molecule has 27 heavy (non-hydrogen) atoms. The van der Waals surface area contributed by atoms with Crippen molar-refractivity contribution in [1.29, 1.82) is 0 Å². The fourth-order valence-electron chi connectivity index (χ4n) is 4.02. The Morgan fingerprint density at radius 3 is 1.78 bits per heavy atom. The monoisotopic (exact) mass is 356 g/mol. The Balaban J connectivity index is 1.60. The van der Waals surface area contributed by atoms with E-state index in [4.69, 9.17) is 19.2 Å². The first-order chi connectivity index (χ1) is 13.4. The van der Waals surface area contributed by atoms with E-state index in [0.717, 1.165) is 38.2 Å². The van der Waals surface area contributed by atoms with Crippen molar-refractivity contribution in [2.24, 2.45) is 0 Å². The van der Waals surface area contributed by atoms with Gasteiger partial charge in [0.1, 0.15) is 0 Å². The quantitative estimate of drug-likeness (QED) is 0.324. The van der Waals surface area contributed by atoms with Crippen molar-refractivity contribution in [2.75, 3.05) is 0 Å². The molecule has 6 rings (SSSR count). The van der Waals surface area contributed by atoms with Crippen LogP contribution in [0.2, 0.25) is 0 Å². The zero-order valence-electron chi connectivity index (χ0n) is 14.4. The molecule has 3 atom stereocenters. The van der Waals surface area contributed by atoms with Crippen LogP contribution in [0.4, 0.5) is 0 Å². The minimum Gasteiger partial charge on any atom is -0.312 e. The van der Waals surface area contributed by atoms with Gasteiger partial charge in [-0.1, -0.05) is 78.9 Å². The van der Waals surface area contributed by atoms with Crippen molar-refractivity contribution >= 4 is 21.5 Å². The summed E-state index contributed by atoms with van der Waals surface area (Å²) >= 11 is 0. The Morgan fingerprint density at radius 1 is 0.481 bits per heavy atom. The maximum atomic E-state index is 6.23. The number of ether oxygens (including phenoxy) is 2. The molecule has 0 saturated carbocycles. The highest BCUT2D eigenvalue weighted by molar-refractivity contribution is 6.11. The number of fused-ring (bicyclic) bond motifs is 4. The Morgan fingerprint density at radius 2 is 1.07 bits per heavy atom. The van der Waals surface area contributed by atoms with E-state index in [1.165, 1.54) is 0 Å². The highest BCUT2D eigenvalue weighted by Gasteiger charge is 2.36. The summed E-state index contributed by atoms with van der Waals surface area (Å²) in [7, 11) is 0. The van der Waals surface area contributed by atoms with Gasteiger partial charge in [0.2, 0.25) is 12.6 Å². The largest absolute Gasteiger partial charge is 0.312 e. The molecule has 4 nitrogen and oxygen atoms in total. The van der Waals surface area contributed by atoms with E-state index in [-0.39, 0.29) is 0 Å². The molecule has 4 aromatic rings. The van der Waals surface area contributed by atoms with Crippen LogP contribution in [-0.4, -0.2) is 0 Å². The van der Waals surface area contributed by atoms with Gasteiger partial charge in [0, 0.05) is 16.7 Å². The molecule has 0 aromatic heterocycles. The van der Waals surface area contributed by atoms with E-state index >= 15 is 0 Å². The van der Waals surface area contributed by atoms with Crippen molar-refractivity contribution < 1.29 is 19.2 Å².